The van der Waals surface area contributed by atoms with Crippen molar-refractivity contribution in [3.05, 3.63) is 22.7 Å². The predicted octanol–water partition coefficient (Wildman–Crippen LogP) is 1.45. The molecule has 1 atom stereocenters. The molecule has 122 valence electrons. The summed E-state index contributed by atoms with van der Waals surface area (Å²) in [6.07, 6.45) is 0.922. The van der Waals surface area contributed by atoms with E-state index >= 15 is 0 Å². The Kier molecular flexibility index (Phi) is 5.45. The lowest BCUT2D eigenvalue weighted by atomic mass is 10.2. The monoisotopic (exact) mass is 357 g/mol. The van der Waals surface area contributed by atoms with Gasteiger partial charge in [-0.25, -0.2) is 0 Å². The molecule has 3 N–H and O–H groups in total. The summed E-state index contributed by atoms with van der Waals surface area (Å²) in [6.45, 7) is 0. The highest BCUT2D eigenvalue weighted by Crippen LogP contribution is 2.30. The lowest BCUT2D eigenvalue weighted by molar-refractivity contribution is -0.138. The second-order valence-electron chi connectivity index (χ2n) is 4.39. The van der Waals surface area contributed by atoms with Gasteiger partial charge in [-0.05, 0) is 6.07 Å². The van der Waals surface area contributed by atoms with Crippen LogP contribution in [0.2, 0.25) is 5.02 Å². The molecular formula is C13H12ClN3O5S. The van der Waals surface area contributed by atoms with E-state index < -0.39 is 17.1 Å². The maximum Gasteiger partial charge on any atom is 0.305 e. The summed E-state index contributed by atoms with van der Waals surface area (Å²) in [7, 11) is 1.44. The van der Waals surface area contributed by atoms with Crippen LogP contribution < -0.4 is 10.1 Å². The third kappa shape index (κ3) is 4.36. The van der Waals surface area contributed by atoms with Crippen molar-refractivity contribution in [3.63, 3.8) is 0 Å². The first kappa shape index (κ1) is 17.1. The molecule has 1 amide bonds. The molecule has 1 aromatic carbocycles. The Bertz CT molecular complexity index is 684. The third-order valence-electron chi connectivity index (χ3n) is 2.79. The van der Waals surface area contributed by atoms with Crippen LogP contribution >= 0.6 is 23.4 Å². The first-order chi connectivity index (χ1) is 10.9. The molecule has 10 heteroatoms. The number of aromatic hydroxyl groups is 1. The number of rotatable bonds is 5. The molecule has 1 aliphatic rings. The van der Waals surface area contributed by atoms with Crippen LogP contribution in [0, 0.1) is 0 Å². The third-order valence-corrected chi connectivity index (χ3v) is 4.17. The minimum Gasteiger partial charge on any atom is -0.507 e. The van der Waals surface area contributed by atoms with Crippen LogP contribution in [-0.4, -0.2) is 45.8 Å². The van der Waals surface area contributed by atoms with Crippen molar-refractivity contribution in [2.45, 2.75) is 11.7 Å². The summed E-state index contributed by atoms with van der Waals surface area (Å²) in [5.74, 6) is -1.25. The Balaban J connectivity index is 2.10. The molecular weight excluding hydrogens is 346 g/mol. The highest BCUT2D eigenvalue weighted by molar-refractivity contribution is 8.15. The van der Waals surface area contributed by atoms with Gasteiger partial charge in [0.15, 0.2) is 5.17 Å². The molecule has 8 nitrogen and oxygen atoms in total. The van der Waals surface area contributed by atoms with E-state index in [1.165, 1.54) is 25.5 Å². The number of carbonyl (C=O) groups is 2. The van der Waals surface area contributed by atoms with Crippen LogP contribution in [0.4, 0.5) is 0 Å². The van der Waals surface area contributed by atoms with Crippen molar-refractivity contribution in [2.75, 3.05) is 7.11 Å². The zero-order valence-corrected chi connectivity index (χ0v) is 13.4. The molecule has 1 saturated heterocycles. The van der Waals surface area contributed by atoms with E-state index in [1.807, 2.05) is 0 Å². The molecule has 1 aromatic rings. The van der Waals surface area contributed by atoms with Crippen molar-refractivity contribution in [2.24, 2.45) is 10.2 Å². The number of thioether (sulfide) groups is 1. The van der Waals surface area contributed by atoms with Gasteiger partial charge in [0.25, 0.3) is 0 Å². The van der Waals surface area contributed by atoms with E-state index in [4.69, 9.17) is 21.4 Å². The summed E-state index contributed by atoms with van der Waals surface area (Å²) in [5.41, 5.74) is 0.244. The Morgan fingerprint density at radius 3 is 2.91 bits per heavy atom. The Morgan fingerprint density at radius 2 is 2.30 bits per heavy atom. The van der Waals surface area contributed by atoms with E-state index in [0.717, 1.165) is 11.8 Å². The number of hydrogen-bond acceptors (Lipinski definition) is 7. The SMILES string of the molecule is COc1cc(O)c(C=NN=C2NC(=O)C(CC(=O)O)S2)c(Cl)c1. The minimum absolute atomic E-state index is 0.134. The van der Waals surface area contributed by atoms with E-state index in [2.05, 4.69) is 15.5 Å². The number of phenols is 1. The highest BCUT2D eigenvalue weighted by atomic mass is 35.5. The van der Waals surface area contributed by atoms with Crippen LogP contribution in [-0.2, 0) is 9.59 Å². The number of nitrogens with zero attached hydrogens (tertiary/aromatic N) is 2. The molecule has 1 unspecified atom stereocenters. The van der Waals surface area contributed by atoms with Gasteiger partial charge < -0.3 is 20.3 Å². The van der Waals surface area contributed by atoms with Gasteiger partial charge in [0.2, 0.25) is 5.91 Å². The fourth-order valence-corrected chi connectivity index (χ4v) is 2.88. The summed E-state index contributed by atoms with van der Waals surface area (Å²) < 4.78 is 4.96. The number of methoxy groups -OCH3 is 1. The highest BCUT2D eigenvalue weighted by Gasteiger charge is 2.32. The number of hydrogen-bond donors (Lipinski definition) is 3. The number of ether oxygens (including phenoxy) is 1. The molecule has 0 bridgehead atoms. The van der Waals surface area contributed by atoms with Crippen molar-refractivity contribution >= 4 is 46.6 Å². The van der Waals surface area contributed by atoms with Crippen molar-refractivity contribution < 1.29 is 24.5 Å². The van der Waals surface area contributed by atoms with Crippen molar-refractivity contribution in [1.82, 2.24) is 5.32 Å². The van der Waals surface area contributed by atoms with Crippen LogP contribution in [0.3, 0.4) is 0 Å². The number of aliphatic carboxylic acids is 1. The number of carboxylic acids is 1. The average Bonchev–Trinajstić information content (AvgIpc) is 2.81. The normalized spacial score (nSPS) is 19.3. The molecule has 1 heterocycles. The number of phenolic OH excluding ortho intramolecular Hbond substituents is 1. The standard InChI is InChI=1S/C13H12ClN3O5S/c1-22-6-2-8(14)7(9(18)3-6)5-15-17-13-16-12(21)10(23-13)4-11(19)20/h2-3,5,10,18H,4H2,1H3,(H,19,20)(H,16,17,21). The maximum absolute atomic E-state index is 11.5. The molecule has 0 aromatic heterocycles. The molecule has 0 radical (unpaired) electrons. The van der Waals surface area contributed by atoms with E-state index in [-0.39, 0.29) is 27.9 Å². The minimum atomic E-state index is -1.07. The van der Waals surface area contributed by atoms with E-state index in [9.17, 15) is 14.7 Å². The lowest BCUT2D eigenvalue weighted by Crippen LogP contribution is -2.26. The summed E-state index contributed by atoms with van der Waals surface area (Å²) in [4.78, 5) is 22.1. The molecule has 0 spiro atoms. The number of nitrogens with one attached hydrogen (secondary N) is 1. The number of halogens is 1. The van der Waals surface area contributed by atoms with Crippen LogP contribution in [0.1, 0.15) is 12.0 Å². The van der Waals surface area contributed by atoms with Crippen LogP contribution in [0.25, 0.3) is 0 Å². The summed E-state index contributed by atoms with van der Waals surface area (Å²) >= 11 is 6.97. The molecule has 0 aliphatic carbocycles. The second-order valence-corrected chi connectivity index (χ2v) is 5.98. The molecule has 23 heavy (non-hydrogen) atoms. The fourth-order valence-electron chi connectivity index (χ4n) is 1.71. The molecule has 1 aliphatic heterocycles. The lowest BCUT2D eigenvalue weighted by Gasteiger charge is -2.05. The summed E-state index contributed by atoms with van der Waals surface area (Å²) in [5, 5.41) is 28.1. The van der Waals surface area contributed by atoms with Gasteiger partial charge in [-0.1, -0.05) is 23.4 Å². The average molecular weight is 358 g/mol. The molecule has 2 rings (SSSR count). The Labute approximate surface area is 140 Å². The Morgan fingerprint density at radius 1 is 1.57 bits per heavy atom. The van der Waals surface area contributed by atoms with Gasteiger partial charge in [0.1, 0.15) is 16.7 Å². The topological polar surface area (TPSA) is 121 Å². The number of carbonyl (C=O) groups excluding carboxylic acids is 1. The molecule has 1 fully saturated rings. The number of benzene rings is 1. The maximum atomic E-state index is 11.5. The zero-order chi connectivity index (χ0) is 17.0. The van der Waals surface area contributed by atoms with E-state index in [0.29, 0.717) is 5.75 Å². The number of amides is 1. The van der Waals surface area contributed by atoms with Crippen LogP contribution in [0.15, 0.2) is 22.3 Å². The summed E-state index contributed by atoms with van der Waals surface area (Å²) in [6, 6.07) is 2.88. The van der Waals surface area contributed by atoms with Crippen molar-refractivity contribution in [3.8, 4) is 11.5 Å². The van der Waals surface area contributed by atoms with Crippen molar-refractivity contribution in [1.29, 1.82) is 0 Å². The van der Waals surface area contributed by atoms with Gasteiger partial charge in [-0.15, -0.1) is 5.10 Å². The quantitative estimate of drug-likeness (QED) is 0.541. The largest absolute Gasteiger partial charge is 0.507 e. The molecule has 0 saturated carbocycles. The first-order valence-electron chi connectivity index (χ1n) is 6.27. The number of amidine groups is 1. The van der Waals surface area contributed by atoms with Gasteiger partial charge in [0.05, 0.1) is 30.3 Å². The van der Waals surface area contributed by atoms with Gasteiger partial charge >= 0.3 is 5.97 Å². The zero-order valence-electron chi connectivity index (χ0n) is 11.8. The smallest absolute Gasteiger partial charge is 0.305 e. The van der Waals surface area contributed by atoms with E-state index in [1.54, 1.807) is 0 Å². The van der Waals surface area contributed by atoms with Gasteiger partial charge in [0, 0.05) is 6.07 Å². The second kappa shape index (κ2) is 7.34. The fraction of sp³-hybridized carbons (Fsp3) is 0.231. The van der Waals surface area contributed by atoms with Gasteiger partial charge in [-0.3, -0.25) is 9.59 Å². The van der Waals surface area contributed by atoms with Crippen LogP contribution in [0.5, 0.6) is 11.5 Å². The Hall–Kier alpha value is -2.26. The van der Waals surface area contributed by atoms with Gasteiger partial charge in [-0.2, -0.15) is 5.10 Å². The predicted molar refractivity (Wildman–Crippen MR) is 86.5 cm³/mol. The first-order valence-corrected chi connectivity index (χ1v) is 7.53. The number of carboxylic acid groups (broad SMARTS) is 1.